The molecular weight excluding hydrogens is 212 g/mol. The SMILES string of the molecule is CCCCOc1ccc(CC=O)cc1Cl. The molecule has 0 aliphatic heterocycles. The Morgan fingerprint density at radius 3 is 2.87 bits per heavy atom. The molecule has 2 nitrogen and oxygen atoms in total. The van der Waals surface area contributed by atoms with Gasteiger partial charge >= 0.3 is 0 Å². The minimum atomic E-state index is 0.398. The normalized spacial score (nSPS) is 10.0. The Balaban J connectivity index is 2.61. The smallest absolute Gasteiger partial charge is 0.137 e. The maximum atomic E-state index is 10.3. The van der Waals surface area contributed by atoms with Gasteiger partial charge in [0.2, 0.25) is 0 Å². The highest BCUT2D eigenvalue weighted by Crippen LogP contribution is 2.25. The van der Waals surface area contributed by atoms with E-state index in [1.165, 1.54) is 0 Å². The van der Waals surface area contributed by atoms with Crippen LogP contribution in [0, 0.1) is 0 Å². The van der Waals surface area contributed by atoms with Gasteiger partial charge in [-0.05, 0) is 24.1 Å². The van der Waals surface area contributed by atoms with E-state index in [0.717, 1.165) is 24.7 Å². The number of unbranched alkanes of at least 4 members (excludes halogenated alkanes) is 1. The first-order valence-corrected chi connectivity index (χ1v) is 5.50. The molecule has 0 aliphatic carbocycles. The summed E-state index contributed by atoms with van der Waals surface area (Å²) in [7, 11) is 0. The van der Waals surface area contributed by atoms with Gasteiger partial charge in [-0.25, -0.2) is 0 Å². The van der Waals surface area contributed by atoms with Crippen molar-refractivity contribution in [3.05, 3.63) is 28.8 Å². The third-order valence-corrected chi connectivity index (χ3v) is 2.37. The predicted octanol–water partition coefficient (Wildman–Crippen LogP) is 3.26. The molecule has 0 unspecified atom stereocenters. The first-order chi connectivity index (χ1) is 7.27. The molecule has 15 heavy (non-hydrogen) atoms. The Hall–Kier alpha value is -1.02. The van der Waals surface area contributed by atoms with Crippen LogP contribution in [0.2, 0.25) is 5.02 Å². The summed E-state index contributed by atoms with van der Waals surface area (Å²) in [5.74, 6) is 0.694. The van der Waals surface area contributed by atoms with E-state index < -0.39 is 0 Å². The minimum absolute atomic E-state index is 0.398. The van der Waals surface area contributed by atoms with Crippen molar-refractivity contribution in [2.45, 2.75) is 26.2 Å². The molecule has 0 saturated carbocycles. The summed E-state index contributed by atoms with van der Waals surface area (Å²) in [5.41, 5.74) is 0.915. The highest BCUT2D eigenvalue weighted by molar-refractivity contribution is 6.32. The molecule has 1 rings (SSSR count). The third kappa shape index (κ3) is 3.92. The molecule has 0 aliphatic rings. The molecule has 3 heteroatoms. The van der Waals surface area contributed by atoms with Crippen LogP contribution in [-0.4, -0.2) is 12.9 Å². The monoisotopic (exact) mass is 226 g/mol. The van der Waals surface area contributed by atoms with Gasteiger partial charge in [0, 0.05) is 6.42 Å². The van der Waals surface area contributed by atoms with Crippen LogP contribution in [0.3, 0.4) is 0 Å². The van der Waals surface area contributed by atoms with Crippen molar-refractivity contribution in [2.75, 3.05) is 6.61 Å². The average molecular weight is 227 g/mol. The Morgan fingerprint density at radius 2 is 2.27 bits per heavy atom. The van der Waals surface area contributed by atoms with E-state index in [2.05, 4.69) is 6.92 Å². The van der Waals surface area contributed by atoms with Gasteiger partial charge in [0.1, 0.15) is 12.0 Å². The summed E-state index contributed by atoms with van der Waals surface area (Å²) >= 11 is 6.00. The molecule has 82 valence electrons. The zero-order valence-corrected chi connectivity index (χ0v) is 9.59. The lowest BCUT2D eigenvalue weighted by Gasteiger charge is -2.07. The number of hydrogen-bond donors (Lipinski definition) is 0. The van der Waals surface area contributed by atoms with Crippen molar-refractivity contribution in [3.8, 4) is 5.75 Å². The fraction of sp³-hybridized carbons (Fsp3) is 0.417. The summed E-state index contributed by atoms with van der Waals surface area (Å²) in [6.07, 6.45) is 3.38. The summed E-state index contributed by atoms with van der Waals surface area (Å²) in [6, 6.07) is 5.45. The van der Waals surface area contributed by atoms with Crippen molar-refractivity contribution in [1.82, 2.24) is 0 Å². The highest BCUT2D eigenvalue weighted by Gasteiger charge is 2.02. The number of halogens is 1. The maximum absolute atomic E-state index is 10.3. The number of carbonyl (C=O) groups excluding carboxylic acids is 1. The van der Waals surface area contributed by atoms with Gasteiger partial charge < -0.3 is 9.53 Å². The fourth-order valence-electron chi connectivity index (χ4n) is 1.21. The highest BCUT2D eigenvalue weighted by atomic mass is 35.5. The zero-order valence-electron chi connectivity index (χ0n) is 8.83. The van der Waals surface area contributed by atoms with Gasteiger partial charge in [0.25, 0.3) is 0 Å². The van der Waals surface area contributed by atoms with Gasteiger partial charge in [-0.3, -0.25) is 0 Å². The average Bonchev–Trinajstić information content (AvgIpc) is 2.22. The number of rotatable bonds is 6. The van der Waals surface area contributed by atoms with Gasteiger partial charge in [-0.15, -0.1) is 0 Å². The summed E-state index contributed by atoms with van der Waals surface area (Å²) < 4.78 is 5.49. The van der Waals surface area contributed by atoms with E-state index in [4.69, 9.17) is 16.3 Å². The van der Waals surface area contributed by atoms with E-state index in [1.807, 2.05) is 12.1 Å². The van der Waals surface area contributed by atoms with E-state index in [1.54, 1.807) is 6.07 Å². The van der Waals surface area contributed by atoms with E-state index in [0.29, 0.717) is 23.8 Å². The third-order valence-electron chi connectivity index (χ3n) is 2.07. The van der Waals surface area contributed by atoms with Gasteiger partial charge in [-0.2, -0.15) is 0 Å². The molecule has 0 spiro atoms. The second-order valence-electron chi connectivity index (χ2n) is 3.34. The second kappa shape index (κ2) is 6.46. The summed E-state index contributed by atoms with van der Waals surface area (Å²) in [4.78, 5) is 10.3. The molecule has 0 aromatic heterocycles. The number of ether oxygens (including phenoxy) is 1. The first kappa shape index (κ1) is 12.1. The molecule has 0 amide bonds. The van der Waals surface area contributed by atoms with Crippen LogP contribution < -0.4 is 4.74 Å². The minimum Gasteiger partial charge on any atom is -0.492 e. The molecule has 0 bridgehead atoms. The standard InChI is InChI=1S/C12H15ClO2/c1-2-3-8-15-12-5-4-10(6-7-14)9-11(12)13/h4-5,7,9H,2-3,6,8H2,1H3. The second-order valence-corrected chi connectivity index (χ2v) is 3.74. The molecule has 1 aromatic carbocycles. The fourth-order valence-corrected chi connectivity index (χ4v) is 1.47. The lowest BCUT2D eigenvalue weighted by molar-refractivity contribution is -0.107. The Labute approximate surface area is 95.2 Å². The quantitative estimate of drug-likeness (QED) is 0.550. The lowest BCUT2D eigenvalue weighted by atomic mass is 10.1. The number of benzene rings is 1. The Kier molecular flexibility index (Phi) is 5.19. The lowest BCUT2D eigenvalue weighted by Crippen LogP contribution is -1.97. The number of hydrogen-bond acceptors (Lipinski definition) is 2. The van der Waals surface area contributed by atoms with E-state index in [9.17, 15) is 4.79 Å². The molecule has 0 atom stereocenters. The van der Waals surface area contributed by atoms with Crippen molar-refractivity contribution < 1.29 is 9.53 Å². The number of carbonyl (C=O) groups is 1. The predicted molar refractivity (Wildman–Crippen MR) is 61.6 cm³/mol. The van der Waals surface area contributed by atoms with Crippen LogP contribution in [-0.2, 0) is 11.2 Å². The van der Waals surface area contributed by atoms with Crippen molar-refractivity contribution >= 4 is 17.9 Å². The maximum Gasteiger partial charge on any atom is 0.137 e. The molecule has 0 N–H and O–H groups in total. The molecule has 0 heterocycles. The van der Waals surface area contributed by atoms with Gasteiger partial charge in [0.15, 0.2) is 0 Å². The summed E-state index contributed by atoms with van der Waals surface area (Å²) in [6.45, 7) is 2.79. The zero-order chi connectivity index (χ0) is 11.1. The molecule has 0 fully saturated rings. The van der Waals surface area contributed by atoms with E-state index in [-0.39, 0.29) is 0 Å². The van der Waals surface area contributed by atoms with Crippen LogP contribution >= 0.6 is 11.6 Å². The van der Waals surface area contributed by atoms with Crippen molar-refractivity contribution in [3.63, 3.8) is 0 Å². The topological polar surface area (TPSA) is 26.3 Å². The van der Waals surface area contributed by atoms with Gasteiger partial charge in [-0.1, -0.05) is 31.0 Å². The van der Waals surface area contributed by atoms with Crippen LogP contribution in [0.15, 0.2) is 18.2 Å². The van der Waals surface area contributed by atoms with Crippen LogP contribution in [0.5, 0.6) is 5.75 Å². The number of aldehydes is 1. The van der Waals surface area contributed by atoms with E-state index >= 15 is 0 Å². The molecule has 0 saturated heterocycles. The Bertz CT molecular complexity index is 323. The molecular formula is C12H15ClO2. The molecule has 1 aromatic rings. The largest absolute Gasteiger partial charge is 0.492 e. The molecule has 0 radical (unpaired) electrons. The Morgan fingerprint density at radius 1 is 1.47 bits per heavy atom. The van der Waals surface area contributed by atoms with Crippen molar-refractivity contribution in [2.24, 2.45) is 0 Å². The first-order valence-electron chi connectivity index (χ1n) is 5.12. The summed E-state index contributed by atoms with van der Waals surface area (Å²) in [5, 5.41) is 0.574. The van der Waals surface area contributed by atoms with Crippen molar-refractivity contribution in [1.29, 1.82) is 0 Å². The van der Waals surface area contributed by atoms with Crippen LogP contribution in [0.1, 0.15) is 25.3 Å². The van der Waals surface area contributed by atoms with Gasteiger partial charge in [0.05, 0.1) is 11.6 Å². The van der Waals surface area contributed by atoms with Crippen LogP contribution in [0.4, 0.5) is 0 Å². The van der Waals surface area contributed by atoms with Crippen LogP contribution in [0.25, 0.3) is 0 Å².